The number of piperidine rings is 1. The van der Waals surface area contributed by atoms with E-state index in [0.29, 0.717) is 18.4 Å². The molecule has 1 saturated carbocycles. The quantitative estimate of drug-likeness (QED) is 0.344. The Labute approximate surface area is 232 Å². The highest BCUT2D eigenvalue weighted by Gasteiger charge is 2.41. The van der Waals surface area contributed by atoms with Crippen molar-refractivity contribution < 1.29 is 18.7 Å². The maximum Gasteiger partial charge on any atom is 0.320 e. The minimum Gasteiger partial charge on any atom is -0.480 e. The van der Waals surface area contributed by atoms with Crippen molar-refractivity contribution >= 4 is 5.97 Å². The molecule has 2 heterocycles. The lowest BCUT2D eigenvalue weighted by molar-refractivity contribution is -0.143. The van der Waals surface area contributed by atoms with Crippen molar-refractivity contribution in [2.24, 2.45) is 17.8 Å². The molecule has 2 aliphatic heterocycles. The molecule has 3 aliphatic rings. The van der Waals surface area contributed by atoms with Gasteiger partial charge in [0.2, 0.25) is 0 Å². The van der Waals surface area contributed by atoms with E-state index in [2.05, 4.69) is 9.80 Å². The van der Waals surface area contributed by atoms with Crippen LogP contribution in [0.25, 0.3) is 0 Å². The molecule has 212 valence electrons. The highest BCUT2D eigenvalue weighted by molar-refractivity contribution is 5.73. The molecule has 2 aromatic rings. The number of aryl methyl sites for hydroxylation is 1. The SMILES string of the molecule is O=C(O)[C@@H](CC1CCCC1)N1CC(CN2CCC(CCCc3ccc(F)cc3)CC2)C(c2cccc(F)c2)C1. The minimum atomic E-state index is -0.706. The van der Waals surface area contributed by atoms with E-state index in [-0.39, 0.29) is 17.6 Å². The zero-order valence-electron chi connectivity index (χ0n) is 23.1. The van der Waals surface area contributed by atoms with E-state index in [0.717, 1.165) is 69.8 Å². The van der Waals surface area contributed by atoms with Gasteiger partial charge in [-0.2, -0.15) is 0 Å². The van der Waals surface area contributed by atoms with Gasteiger partial charge in [0.15, 0.2) is 0 Å². The summed E-state index contributed by atoms with van der Waals surface area (Å²) in [7, 11) is 0. The predicted molar refractivity (Wildman–Crippen MR) is 151 cm³/mol. The summed E-state index contributed by atoms with van der Waals surface area (Å²) in [5.74, 6) is 0.590. The van der Waals surface area contributed by atoms with Crippen LogP contribution in [0.1, 0.15) is 74.8 Å². The zero-order valence-corrected chi connectivity index (χ0v) is 23.1. The number of nitrogens with zero attached hydrogens (tertiary/aromatic N) is 2. The van der Waals surface area contributed by atoms with Crippen LogP contribution in [0.15, 0.2) is 48.5 Å². The molecule has 0 spiro atoms. The van der Waals surface area contributed by atoms with Gasteiger partial charge in [-0.25, -0.2) is 8.78 Å². The number of hydrogen-bond donors (Lipinski definition) is 1. The standard InChI is InChI=1S/C33H44F2N2O2/c34-29-13-11-24(12-14-29)7-3-8-25-15-17-36(18-16-25)21-28-22-37(23-31(28)27-9-4-10-30(35)20-27)32(33(38)39)19-26-5-1-2-6-26/h4,9-14,20,25-26,28,31-32H,1-3,5-8,15-19,21-23H2,(H,38,39)/t28?,31?,32-/m1/s1. The van der Waals surface area contributed by atoms with Gasteiger partial charge >= 0.3 is 5.97 Å². The van der Waals surface area contributed by atoms with Crippen LogP contribution in [0.3, 0.4) is 0 Å². The van der Waals surface area contributed by atoms with Gasteiger partial charge in [0.1, 0.15) is 17.7 Å². The second kappa shape index (κ2) is 13.4. The van der Waals surface area contributed by atoms with E-state index in [1.807, 2.05) is 18.2 Å². The van der Waals surface area contributed by atoms with Crippen LogP contribution in [0.5, 0.6) is 0 Å². The van der Waals surface area contributed by atoms with Gasteiger partial charge in [-0.15, -0.1) is 0 Å². The van der Waals surface area contributed by atoms with E-state index < -0.39 is 12.0 Å². The summed E-state index contributed by atoms with van der Waals surface area (Å²) in [5.41, 5.74) is 2.21. The molecule has 2 unspecified atom stereocenters. The van der Waals surface area contributed by atoms with E-state index in [4.69, 9.17) is 0 Å². The van der Waals surface area contributed by atoms with Crippen LogP contribution in [-0.4, -0.2) is 59.6 Å². The van der Waals surface area contributed by atoms with Crippen LogP contribution in [0, 0.1) is 29.4 Å². The summed E-state index contributed by atoms with van der Waals surface area (Å²) < 4.78 is 27.3. The molecule has 5 rings (SSSR count). The highest BCUT2D eigenvalue weighted by Crippen LogP contribution is 2.38. The van der Waals surface area contributed by atoms with Gasteiger partial charge in [-0.1, -0.05) is 56.4 Å². The smallest absolute Gasteiger partial charge is 0.320 e. The normalized spacial score (nSPS) is 24.4. The fourth-order valence-corrected chi connectivity index (χ4v) is 7.46. The van der Waals surface area contributed by atoms with E-state index in [9.17, 15) is 18.7 Å². The van der Waals surface area contributed by atoms with Crippen molar-refractivity contribution in [2.75, 3.05) is 32.7 Å². The molecule has 2 saturated heterocycles. The first kappa shape index (κ1) is 28.2. The second-order valence-corrected chi connectivity index (χ2v) is 12.4. The van der Waals surface area contributed by atoms with E-state index in [1.54, 1.807) is 24.3 Å². The summed E-state index contributed by atoms with van der Waals surface area (Å²) in [6, 6.07) is 13.4. The third-order valence-electron chi connectivity index (χ3n) is 9.69. The first-order chi connectivity index (χ1) is 18.9. The Morgan fingerprint density at radius 1 is 0.923 bits per heavy atom. The van der Waals surface area contributed by atoms with Gasteiger partial charge < -0.3 is 10.0 Å². The van der Waals surface area contributed by atoms with Crippen molar-refractivity contribution in [3.8, 4) is 0 Å². The zero-order chi connectivity index (χ0) is 27.2. The molecule has 39 heavy (non-hydrogen) atoms. The van der Waals surface area contributed by atoms with Crippen molar-refractivity contribution in [1.29, 1.82) is 0 Å². The Morgan fingerprint density at radius 2 is 1.67 bits per heavy atom. The number of halogens is 2. The number of likely N-dealkylation sites (tertiary alicyclic amines) is 2. The fourth-order valence-electron chi connectivity index (χ4n) is 7.46. The van der Waals surface area contributed by atoms with Gasteiger partial charge in [0, 0.05) is 25.6 Å². The molecule has 1 N–H and O–H groups in total. The summed E-state index contributed by atoms with van der Waals surface area (Å²) >= 11 is 0. The Hall–Kier alpha value is -2.31. The molecular formula is C33H44F2N2O2. The Morgan fingerprint density at radius 3 is 2.36 bits per heavy atom. The summed E-state index contributed by atoms with van der Waals surface area (Å²) in [6.45, 7) is 4.53. The Kier molecular flexibility index (Phi) is 9.67. The molecule has 0 radical (unpaired) electrons. The lowest BCUT2D eigenvalue weighted by Gasteiger charge is -2.35. The maximum atomic E-state index is 14.2. The molecule has 0 aromatic heterocycles. The molecule has 0 amide bonds. The first-order valence-corrected chi connectivity index (χ1v) is 15.1. The van der Waals surface area contributed by atoms with Gasteiger partial charge in [-0.3, -0.25) is 9.69 Å². The van der Waals surface area contributed by atoms with Crippen LogP contribution >= 0.6 is 0 Å². The summed E-state index contributed by atoms with van der Waals surface area (Å²) in [4.78, 5) is 17.1. The first-order valence-electron chi connectivity index (χ1n) is 15.1. The van der Waals surface area contributed by atoms with Gasteiger partial charge in [0.05, 0.1) is 0 Å². The molecule has 2 aromatic carbocycles. The van der Waals surface area contributed by atoms with E-state index >= 15 is 0 Å². The average molecular weight is 539 g/mol. The molecule has 6 heteroatoms. The van der Waals surface area contributed by atoms with Crippen molar-refractivity contribution in [3.05, 3.63) is 71.3 Å². The number of carboxylic acid groups (broad SMARTS) is 1. The molecule has 3 fully saturated rings. The van der Waals surface area contributed by atoms with Crippen molar-refractivity contribution in [3.63, 3.8) is 0 Å². The molecule has 1 aliphatic carbocycles. The lowest BCUT2D eigenvalue weighted by atomic mass is 9.86. The van der Waals surface area contributed by atoms with Crippen molar-refractivity contribution in [1.82, 2.24) is 9.80 Å². The van der Waals surface area contributed by atoms with Crippen LogP contribution < -0.4 is 0 Å². The number of carboxylic acids is 1. The lowest BCUT2D eigenvalue weighted by Crippen LogP contribution is -2.42. The summed E-state index contributed by atoms with van der Waals surface area (Å²) in [6.07, 6.45) is 11.2. The predicted octanol–water partition coefficient (Wildman–Crippen LogP) is 6.75. The third kappa shape index (κ3) is 7.67. The molecule has 4 nitrogen and oxygen atoms in total. The number of carbonyl (C=O) groups is 1. The molecular weight excluding hydrogens is 494 g/mol. The topological polar surface area (TPSA) is 43.8 Å². The van der Waals surface area contributed by atoms with Gasteiger partial charge in [0.25, 0.3) is 0 Å². The molecule has 3 atom stereocenters. The number of hydrogen-bond acceptors (Lipinski definition) is 3. The third-order valence-corrected chi connectivity index (χ3v) is 9.69. The highest BCUT2D eigenvalue weighted by atomic mass is 19.1. The largest absolute Gasteiger partial charge is 0.480 e. The fraction of sp³-hybridized carbons (Fsp3) is 0.606. The summed E-state index contributed by atoms with van der Waals surface area (Å²) in [5, 5.41) is 10.2. The van der Waals surface area contributed by atoms with Gasteiger partial charge in [-0.05, 0) is 98.3 Å². The Bertz CT molecular complexity index is 1060. The second-order valence-electron chi connectivity index (χ2n) is 12.4. The maximum absolute atomic E-state index is 14.2. The number of rotatable bonds is 11. The number of benzene rings is 2. The minimum absolute atomic E-state index is 0.152. The number of aliphatic carboxylic acids is 1. The monoisotopic (exact) mass is 538 g/mol. The molecule has 0 bridgehead atoms. The van der Waals surface area contributed by atoms with E-state index in [1.165, 1.54) is 43.7 Å². The Balaban J connectivity index is 1.17. The van der Waals surface area contributed by atoms with Crippen molar-refractivity contribution in [2.45, 2.75) is 76.2 Å². The van der Waals surface area contributed by atoms with Crippen LogP contribution in [0.2, 0.25) is 0 Å². The average Bonchev–Trinajstić information content (AvgIpc) is 3.59. The van der Waals surface area contributed by atoms with Crippen LogP contribution in [-0.2, 0) is 11.2 Å². The van der Waals surface area contributed by atoms with Crippen LogP contribution in [0.4, 0.5) is 8.78 Å².